The molecule has 1 unspecified atom stereocenters. The average Bonchev–Trinajstić information content (AvgIpc) is 2.73. The molecule has 10 heteroatoms. The SMILES string of the molecule is COc1cc(S(=O)(=O)N2CCN(S(=O)(=O)c3cc(OC)c(C)cc3C)C(C)C2)c(C)cc1C. The summed E-state index contributed by atoms with van der Waals surface area (Å²) in [6, 6.07) is 6.10. The van der Waals surface area contributed by atoms with Crippen LogP contribution in [0.2, 0.25) is 0 Å². The van der Waals surface area contributed by atoms with Crippen molar-refractivity contribution in [1.29, 1.82) is 0 Å². The number of hydrogen-bond donors (Lipinski definition) is 0. The molecular formula is C23H32N2O6S2. The van der Waals surface area contributed by atoms with Crippen LogP contribution in [0.4, 0.5) is 0 Å². The standard InChI is InChI=1S/C23H32N2O6S2/c1-15-10-17(3)22(12-20(15)30-6)32(26,27)24-8-9-25(19(5)14-24)33(28,29)23-13-21(31-7)16(2)11-18(23)4/h10-13,19H,8-9,14H2,1-7H3. The molecule has 1 heterocycles. The van der Waals surface area contributed by atoms with E-state index in [1.54, 1.807) is 32.9 Å². The third kappa shape index (κ3) is 4.62. The van der Waals surface area contributed by atoms with E-state index in [1.807, 2.05) is 13.8 Å². The van der Waals surface area contributed by atoms with Crippen LogP contribution in [0.5, 0.6) is 11.5 Å². The first-order valence-electron chi connectivity index (χ1n) is 10.7. The molecule has 0 amide bonds. The molecule has 3 rings (SSSR count). The summed E-state index contributed by atoms with van der Waals surface area (Å²) in [4.78, 5) is 0.347. The molecule has 0 aromatic heterocycles. The van der Waals surface area contributed by atoms with E-state index < -0.39 is 26.1 Å². The van der Waals surface area contributed by atoms with Crippen molar-refractivity contribution in [3.05, 3.63) is 46.5 Å². The monoisotopic (exact) mass is 496 g/mol. The lowest BCUT2D eigenvalue weighted by atomic mass is 10.1. The van der Waals surface area contributed by atoms with Gasteiger partial charge in [-0.1, -0.05) is 12.1 Å². The second kappa shape index (κ2) is 9.25. The maximum Gasteiger partial charge on any atom is 0.243 e. The van der Waals surface area contributed by atoms with Gasteiger partial charge >= 0.3 is 0 Å². The van der Waals surface area contributed by atoms with Crippen molar-refractivity contribution >= 4 is 20.0 Å². The van der Waals surface area contributed by atoms with Gasteiger partial charge in [-0.05, 0) is 56.9 Å². The third-order valence-corrected chi connectivity index (χ3v) is 10.3. The van der Waals surface area contributed by atoms with Crippen LogP contribution in [0.25, 0.3) is 0 Å². The molecular weight excluding hydrogens is 464 g/mol. The quantitative estimate of drug-likeness (QED) is 0.610. The van der Waals surface area contributed by atoms with Gasteiger partial charge in [-0.15, -0.1) is 0 Å². The zero-order valence-electron chi connectivity index (χ0n) is 20.2. The Kier molecular flexibility index (Phi) is 7.14. The number of methoxy groups -OCH3 is 2. The molecule has 0 N–H and O–H groups in total. The van der Waals surface area contributed by atoms with E-state index in [4.69, 9.17) is 9.47 Å². The summed E-state index contributed by atoms with van der Waals surface area (Å²) in [5, 5.41) is 0. The Hall–Kier alpha value is -2.14. The molecule has 1 fully saturated rings. The van der Waals surface area contributed by atoms with Crippen molar-refractivity contribution in [2.75, 3.05) is 33.9 Å². The van der Waals surface area contributed by atoms with Crippen molar-refractivity contribution < 1.29 is 26.3 Å². The number of hydrogen-bond acceptors (Lipinski definition) is 6. The highest BCUT2D eigenvalue weighted by molar-refractivity contribution is 7.89. The molecule has 8 nitrogen and oxygen atoms in total. The molecule has 182 valence electrons. The maximum absolute atomic E-state index is 13.5. The lowest BCUT2D eigenvalue weighted by Gasteiger charge is -2.38. The summed E-state index contributed by atoms with van der Waals surface area (Å²) in [5.41, 5.74) is 2.94. The van der Waals surface area contributed by atoms with Gasteiger partial charge in [0.25, 0.3) is 0 Å². The highest BCUT2D eigenvalue weighted by Crippen LogP contribution is 2.32. The zero-order valence-corrected chi connectivity index (χ0v) is 21.8. The molecule has 2 aromatic carbocycles. The van der Waals surface area contributed by atoms with Crippen LogP contribution in [0.1, 0.15) is 29.2 Å². The Morgan fingerprint density at radius 2 is 1.18 bits per heavy atom. The maximum atomic E-state index is 13.5. The predicted octanol–water partition coefficient (Wildman–Crippen LogP) is 3.02. The van der Waals surface area contributed by atoms with E-state index in [1.165, 1.54) is 35.0 Å². The lowest BCUT2D eigenvalue weighted by Crippen LogP contribution is -2.55. The van der Waals surface area contributed by atoms with E-state index in [-0.39, 0.29) is 29.4 Å². The second-order valence-electron chi connectivity index (χ2n) is 8.50. The van der Waals surface area contributed by atoms with Gasteiger partial charge < -0.3 is 9.47 Å². The fourth-order valence-corrected chi connectivity index (χ4v) is 7.94. The van der Waals surface area contributed by atoms with E-state index in [2.05, 4.69) is 0 Å². The zero-order chi connectivity index (χ0) is 24.7. The van der Waals surface area contributed by atoms with Crippen LogP contribution in [0, 0.1) is 27.7 Å². The van der Waals surface area contributed by atoms with Gasteiger partial charge in [-0.3, -0.25) is 0 Å². The van der Waals surface area contributed by atoms with Crippen LogP contribution >= 0.6 is 0 Å². The highest BCUT2D eigenvalue weighted by Gasteiger charge is 2.39. The number of benzene rings is 2. The Morgan fingerprint density at radius 1 is 0.727 bits per heavy atom. The number of rotatable bonds is 6. The Balaban J connectivity index is 1.91. The van der Waals surface area contributed by atoms with E-state index in [0.717, 1.165) is 11.1 Å². The fraction of sp³-hybridized carbons (Fsp3) is 0.478. The summed E-state index contributed by atoms with van der Waals surface area (Å²) in [5.74, 6) is 0.995. The largest absolute Gasteiger partial charge is 0.496 e. The minimum atomic E-state index is -3.84. The van der Waals surface area contributed by atoms with Gasteiger partial charge in [0.15, 0.2) is 0 Å². The highest BCUT2D eigenvalue weighted by atomic mass is 32.2. The van der Waals surface area contributed by atoms with E-state index in [9.17, 15) is 16.8 Å². The van der Waals surface area contributed by atoms with Crippen LogP contribution in [-0.2, 0) is 20.0 Å². The predicted molar refractivity (Wildman–Crippen MR) is 127 cm³/mol. The first-order valence-corrected chi connectivity index (χ1v) is 13.5. The minimum absolute atomic E-state index is 0.0548. The van der Waals surface area contributed by atoms with Crippen LogP contribution in [0.3, 0.4) is 0 Å². The Morgan fingerprint density at radius 3 is 1.61 bits per heavy atom. The van der Waals surface area contributed by atoms with Crippen molar-refractivity contribution in [3.8, 4) is 11.5 Å². The molecule has 1 atom stereocenters. The Labute approximate surface area is 197 Å². The molecule has 0 radical (unpaired) electrons. The second-order valence-corrected chi connectivity index (χ2v) is 12.3. The smallest absolute Gasteiger partial charge is 0.243 e. The molecule has 0 saturated carbocycles. The number of ether oxygens (including phenoxy) is 2. The van der Waals surface area contributed by atoms with Crippen molar-refractivity contribution in [3.63, 3.8) is 0 Å². The average molecular weight is 497 g/mol. The molecule has 2 aromatic rings. The van der Waals surface area contributed by atoms with Crippen molar-refractivity contribution in [1.82, 2.24) is 8.61 Å². The summed E-state index contributed by atoms with van der Waals surface area (Å²) in [7, 11) is -4.65. The van der Waals surface area contributed by atoms with Gasteiger partial charge in [0.1, 0.15) is 11.5 Å². The van der Waals surface area contributed by atoms with Crippen LogP contribution < -0.4 is 9.47 Å². The summed E-state index contributed by atoms with van der Waals surface area (Å²) in [6.07, 6.45) is 0. The van der Waals surface area contributed by atoms with Crippen molar-refractivity contribution in [2.45, 2.75) is 50.5 Å². The summed E-state index contributed by atoms with van der Waals surface area (Å²) < 4.78 is 67.2. The van der Waals surface area contributed by atoms with Crippen LogP contribution in [-0.4, -0.2) is 65.3 Å². The molecule has 1 aliphatic heterocycles. The Bertz CT molecular complexity index is 1270. The number of sulfonamides is 2. The summed E-state index contributed by atoms with van der Waals surface area (Å²) in [6.45, 7) is 9.10. The van der Waals surface area contributed by atoms with Gasteiger partial charge in [-0.2, -0.15) is 8.61 Å². The van der Waals surface area contributed by atoms with Gasteiger partial charge in [-0.25, -0.2) is 16.8 Å². The van der Waals surface area contributed by atoms with E-state index >= 15 is 0 Å². The number of nitrogens with zero attached hydrogens (tertiary/aromatic N) is 2. The van der Waals surface area contributed by atoms with Crippen LogP contribution in [0.15, 0.2) is 34.1 Å². The molecule has 0 bridgehead atoms. The molecule has 0 aliphatic carbocycles. The first kappa shape index (κ1) is 25.5. The van der Waals surface area contributed by atoms with E-state index in [0.29, 0.717) is 22.6 Å². The molecule has 1 saturated heterocycles. The van der Waals surface area contributed by atoms with Gasteiger partial charge in [0.05, 0.1) is 24.0 Å². The molecule has 1 aliphatic rings. The van der Waals surface area contributed by atoms with Gasteiger partial charge in [0.2, 0.25) is 20.0 Å². The lowest BCUT2D eigenvalue weighted by molar-refractivity contribution is 0.212. The topological polar surface area (TPSA) is 93.2 Å². The molecule has 0 spiro atoms. The first-order chi connectivity index (χ1) is 15.3. The summed E-state index contributed by atoms with van der Waals surface area (Å²) >= 11 is 0. The third-order valence-electron chi connectivity index (χ3n) is 6.12. The van der Waals surface area contributed by atoms with Crippen molar-refractivity contribution in [2.24, 2.45) is 0 Å². The normalized spacial score (nSPS) is 18.3. The fourth-order valence-electron chi connectivity index (χ4n) is 4.37. The molecule has 33 heavy (non-hydrogen) atoms. The number of piperazine rings is 1. The minimum Gasteiger partial charge on any atom is -0.496 e. The number of aryl methyl sites for hydroxylation is 4. The van der Waals surface area contributed by atoms with Gasteiger partial charge in [0, 0.05) is 37.8 Å².